The highest BCUT2D eigenvalue weighted by atomic mass is 16.5. The van der Waals surface area contributed by atoms with E-state index in [0.717, 1.165) is 5.69 Å². The van der Waals surface area contributed by atoms with E-state index in [0.29, 0.717) is 23.6 Å². The molecule has 0 spiro atoms. The van der Waals surface area contributed by atoms with Gasteiger partial charge in [-0.2, -0.15) is 10.1 Å². The van der Waals surface area contributed by atoms with Crippen molar-refractivity contribution in [3.63, 3.8) is 0 Å². The highest BCUT2D eigenvalue weighted by Gasteiger charge is 2.33. The fraction of sp³-hybridized carbons (Fsp3) is 0.200. The molecular weight excluding hydrogens is 330 g/mol. The Labute approximate surface area is 151 Å². The summed E-state index contributed by atoms with van der Waals surface area (Å²) in [5.74, 6) is -1.07. The number of hydrazone groups is 1. The normalized spacial score (nSPS) is 16.8. The predicted molar refractivity (Wildman–Crippen MR) is 101 cm³/mol. The maximum absolute atomic E-state index is 12.6. The smallest absolute Gasteiger partial charge is 0.338 e. The van der Waals surface area contributed by atoms with Gasteiger partial charge in [-0.1, -0.05) is 24.3 Å². The fourth-order valence-corrected chi connectivity index (χ4v) is 2.59. The van der Waals surface area contributed by atoms with Crippen molar-refractivity contribution in [2.75, 3.05) is 11.6 Å². The number of benzene rings is 2. The Bertz CT molecular complexity index is 875. The van der Waals surface area contributed by atoms with Gasteiger partial charge < -0.3 is 4.74 Å². The lowest BCUT2D eigenvalue weighted by molar-refractivity contribution is -0.118. The average molecular weight is 349 g/mol. The van der Waals surface area contributed by atoms with E-state index >= 15 is 0 Å². The molecule has 1 aliphatic rings. The SMILES string of the molecule is CCOC(=O)c1cccc(N=C[C@@H]2C(=O)N(c3ccccc3)N=C2C)c1. The molecule has 0 fully saturated rings. The van der Waals surface area contributed by atoms with Gasteiger partial charge in [0.1, 0.15) is 5.92 Å². The van der Waals surface area contributed by atoms with Crippen LogP contribution in [0, 0.1) is 5.92 Å². The van der Waals surface area contributed by atoms with E-state index in [4.69, 9.17) is 4.74 Å². The van der Waals surface area contributed by atoms with Crippen molar-refractivity contribution in [2.24, 2.45) is 16.0 Å². The molecule has 2 aromatic carbocycles. The van der Waals surface area contributed by atoms with Crippen LogP contribution in [0.3, 0.4) is 0 Å². The Hall–Kier alpha value is -3.28. The molecular formula is C20H19N3O3. The second-order valence-electron chi connectivity index (χ2n) is 5.75. The van der Waals surface area contributed by atoms with Gasteiger partial charge in [0.15, 0.2) is 0 Å². The minimum atomic E-state index is -0.526. The van der Waals surface area contributed by atoms with Gasteiger partial charge >= 0.3 is 5.97 Å². The molecule has 1 aliphatic heterocycles. The minimum absolute atomic E-state index is 0.154. The number of hydrogen-bond acceptors (Lipinski definition) is 5. The molecule has 6 heteroatoms. The van der Waals surface area contributed by atoms with Gasteiger partial charge in [-0.15, -0.1) is 0 Å². The molecule has 0 saturated heterocycles. The molecule has 0 unspecified atom stereocenters. The third-order valence-corrected chi connectivity index (χ3v) is 3.91. The number of ether oxygens (including phenoxy) is 1. The molecule has 26 heavy (non-hydrogen) atoms. The highest BCUT2D eigenvalue weighted by Crippen LogP contribution is 2.23. The van der Waals surface area contributed by atoms with E-state index in [2.05, 4.69) is 10.1 Å². The summed E-state index contributed by atoms with van der Waals surface area (Å²) < 4.78 is 4.99. The van der Waals surface area contributed by atoms with E-state index in [1.165, 1.54) is 5.01 Å². The van der Waals surface area contributed by atoms with Crippen LogP contribution in [0.5, 0.6) is 0 Å². The van der Waals surface area contributed by atoms with Gasteiger partial charge in [0.05, 0.1) is 29.3 Å². The Morgan fingerprint density at radius 2 is 2.00 bits per heavy atom. The molecule has 2 aromatic rings. The van der Waals surface area contributed by atoms with Gasteiger partial charge in [-0.3, -0.25) is 9.79 Å². The lowest BCUT2D eigenvalue weighted by atomic mass is 10.1. The number of aliphatic imine (C=N–C) groups is 1. The summed E-state index contributed by atoms with van der Waals surface area (Å²) in [6, 6.07) is 16.1. The molecule has 0 aliphatic carbocycles. The van der Waals surface area contributed by atoms with Crippen LogP contribution in [0.25, 0.3) is 0 Å². The number of para-hydroxylation sites is 1. The summed E-state index contributed by atoms with van der Waals surface area (Å²) in [4.78, 5) is 28.8. The maximum Gasteiger partial charge on any atom is 0.338 e. The fourth-order valence-electron chi connectivity index (χ4n) is 2.59. The first kappa shape index (κ1) is 17.5. The first-order valence-corrected chi connectivity index (χ1v) is 8.35. The Balaban J connectivity index is 1.77. The lowest BCUT2D eigenvalue weighted by Crippen LogP contribution is -2.27. The number of carbonyl (C=O) groups is 2. The van der Waals surface area contributed by atoms with Crippen molar-refractivity contribution in [3.8, 4) is 0 Å². The second-order valence-corrected chi connectivity index (χ2v) is 5.75. The van der Waals surface area contributed by atoms with Crippen LogP contribution in [-0.4, -0.2) is 30.4 Å². The first-order valence-electron chi connectivity index (χ1n) is 8.35. The summed E-state index contributed by atoms with van der Waals surface area (Å²) in [7, 11) is 0. The third-order valence-electron chi connectivity index (χ3n) is 3.91. The lowest BCUT2D eigenvalue weighted by Gasteiger charge is -2.12. The number of amides is 1. The molecule has 0 bridgehead atoms. The molecule has 6 nitrogen and oxygen atoms in total. The van der Waals surface area contributed by atoms with E-state index in [9.17, 15) is 9.59 Å². The minimum Gasteiger partial charge on any atom is -0.462 e. The Kier molecular flexibility index (Phi) is 5.22. The summed E-state index contributed by atoms with van der Waals surface area (Å²) in [6.45, 7) is 3.87. The molecule has 0 aromatic heterocycles. The van der Waals surface area contributed by atoms with Crippen LogP contribution in [0.2, 0.25) is 0 Å². The molecule has 0 N–H and O–H groups in total. The number of nitrogens with zero attached hydrogens (tertiary/aromatic N) is 3. The van der Waals surface area contributed by atoms with Crippen molar-refractivity contribution in [1.29, 1.82) is 0 Å². The highest BCUT2D eigenvalue weighted by molar-refractivity contribution is 6.23. The zero-order chi connectivity index (χ0) is 18.5. The van der Waals surface area contributed by atoms with Crippen LogP contribution in [0.4, 0.5) is 11.4 Å². The largest absolute Gasteiger partial charge is 0.462 e. The maximum atomic E-state index is 12.6. The summed E-state index contributed by atoms with van der Waals surface area (Å²) in [5.41, 5.74) is 2.39. The van der Waals surface area contributed by atoms with E-state index < -0.39 is 11.9 Å². The van der Waals surface area contributed by atoms with Gasteiger partial charge in [-0.25, -0.2) is 4.79 Å². The van der Waals surface area contributed by atoms with E-state index in [1.807, 2.05) is 30.3 Å². The molecule has 1 heterocycles. The third kappa shape index (κ3) is 3.69. The number of esters is 1. The quantitative estimate of drug-likeness (QED) is 0.611. The van der Waals surface area contributed by atoms with Crippen LogP contribution in [-0.2, 0) is 9.53 Å². The van der Waals surface area contributed by atoms with Gasteiger partial charge in [-0.05, 0) is 44.2 Å². The second kappa shape index (κ2) is 7.74. The van der Waals surface area contributed by atoms with E-state index in [-0.39, 0.29) is 5.91 Å². The standard InChI is InChI=1S/C20H19N3O3/c1-3-26-20(25)15-8-7-9-16(12-15)21-13-18-14(2)22-23(19(18)24)17-10-5-4-6-11-17/h4-13,18H,3H2,1-2H3/t18-/m0/s1. The molecule has 1 amide bonds. The number of rotatable bonds is 5. The summed E-state index contributed by atoms with van der Waals surface area (Å²) in [5, 5.41) is 5.73. The van der Waals surface area contributed by atoms with Crippen molar-refractivity contribution >= 4 is 35.2 Å². The molecule has 0 radical (unpaired) electrons. The zero-order valence-corrected chi connectivity index (χ0v) is 14.6. The molecule has 3 rings (SSSR count). The predicted octanol–water partition coefficient (Wildman–Crippen LogP) is 3.60. The Morgan fingerprint density at radius 1 is 1.23 bits per heavy atom. The summed E-state index contributed by atoms with van der Waals surface area (Å²) >= 11 is 0. The number of anilines is 1. The first-order chi connectivity index (χ1) is 12.6. The van der Waals surface area contributed by atoms with E-state index in [1.54, 1.807) is 44.3 Å². The Morgan fingerprint density at radius 3 is 2.73 bits per heavy atom. The molecule has 0 saturated carbocycles. The number of hydrogen-bond donors (Lipinski definition) is 0. The van der Waals surface area contributed by atoms with Crippen molar-refractivity contribution < 1.29 is 14.3 Å². The molecule has 132 valence electrons. The van der Waals surface area contributed by atoms with Gasteiger partial charge in [0, 0.05) is 6.21 Å². The molecule has 1 atom stereocenters. The zero-order valence-electron chi connectivity index (χ0n) is 14.6. The van der Waals surface area contributed by atoms with Crippen LogP contribution < -0.4 is 5.01 Å². The van der Waals surface area contributed by atoms with Crippen molar-refractivity contribution in [2.45, 2.75) is 13.8 Å². The number of carbonyl (C=O) groups excluding carboxylic acids is 2. The summed E-state index contributed by atoms with van der Waals surface area (Å²) in [6.07, 6.45) is 1.56. The van der Waals surface area contributed by atoms with Crippen molar-refractivity contribution in [1.82, 2.24) is 0 Å². The average Bonchev–Trinajstić information content (AvgIpc) is 2.95. The topological polar surface area (TPSA) is 71.3 Å². The monoisotopic (exact) mass is 349 g/mol. The van der Waals surface area contributed by atoms with Crippen LogP contribution in [0.1, 0.15) is 24.2 Å². The van der Waals surface area contributed by atoms with Gasteiger partial charge in [0.2, 0.25) is 0 Å². The van der Waals surface area contributed by atoms with Crippen LogP contribution in [0.15, 0.2) is 64.7 Å². The van der Waals surface area contributed by atoms with Crippen LogP contribution >= 0.6 is 0 Å². The van der Waals surface area contributed by atoms with Crippen molar-refractivity contribution in [3.05, 3.63) is 60.2 Å². The van der Waals surface area contributed by atoms with Gasteiger partial charge in [0.25, 0.3) is 5.91 Å².